The molecule has 1 saturated carbocycles. The molecule has 0 saturated heterocycles. The van der Waals surface area contributed by atoms with Crippen molar-refractivity contribution in [3.8, 4) is 5.69 Å². The summed E-state index contributed by atoms with van der Waals surface area (Å²) in [4.78, 5) is 53.6. The van der Waals surface area contributed by atoms with Crippen LogP contribution in [0.15, 0.2) is 71.8 Å². The minimum absolute atomic E-state index is 0. The number of aromatic nitrogens is 2. The number of hydrogen-bond donors (Lipinski definition) is 3. The van der Waals surface area contributed by atoms with Crippen LogP contribution in [0.1, 0.15) is 36.0 Å². The van der Waals surface area contributed by atoms with Crippen LogP contribution in [0.2, 0.25) is 5.02 Å². The van der Waals surface area contributed by atoms with Crippen LogP contribution in [0.25, 0.3) is 5.69 Å². The third kappa shape index (κ3) is 6.73. The fraction of sp³-hybridized carbons (Fsp3) is 0.240. The molecular formula is C25H26ClN5O4S. The van der Waals surface area contributed by atoms with E-state index in [1.807, 2.05) is 0 Å². The van der Waals surface area contributed by atoms with Gasteiger partial charge in [-0.3, -0.25) is 23.7 Å². The molecule has 0 unspecified atom stereocenters. The van der Waals surface area contributed by atoms with E-state index in [9.17, 15) is 19.2 Å². The molecule has 4 rings (SSSR count). The van der Waals surface area contributed by atoms with Gasteiger partial charge in [0.25, 0.3) is 11.5 Å². The standard InChI is InChI=1S/C25H24ClN5O4.H2S/c26-17-10-13-21(27-15-17)30-25(35)24(34)29-20-6-2-1-5-19(20)28-23(33)16-8-11-18(12-9-16)31-14-4-3-7-22(31)32;/h3-4,7-15,19-20H,1-2,5-6H2,(H,28,33)(H,29,34)(H,27,30,35);1H2/t19-,20+;/m0./s1. The first-order valence-electron chi connectivity index (χ1n) is 11.2. The van der Waals surface area contributed by atoms with E-state index >= 15 is 0 Å². The Balaban J connectivity index is 0.00000361. The molecule has 1 aromatic carbocycles. The van der Waals surface area contributed by atoms with Gasteiger partial charge in [0.05, 0.1) is 5.02 Å². The average Bonchev–Trinajstić information content (AvgIpc) is 2.87. The lowest BCUT2D eigenvalue weighted by Crippen LogP contribution is -2.55. The molecule has 0 spiro atoms. The van der Waals surface area contributed by atoms with Gasteiger partial charge in [-0.15, -0.1) is 0 Å². The molecule has 2 atom stereocenters. The third-order valence-electron chi connectivity index (χ3n) is 5.80. The number of pyridine rings is 2. The van der Waals surface area contributed by atoms with Gasteiger partial charge in [0.2, 0.25) is 0 Å². The highest BCUT2D eigenvalue weighted by molar-refractivity contribution is 7.59. The number of nitrogens with zero attached hydrogens (tertiary/aromatic N) is 2. The Morgan fingerprint density at radius 1 is 0.889 bits per heavy atom. The molecule has 0 aliphatic heterocycles. The molecular weight excluding hydrogens is 502 g/mol. The van der Waals surface area contributed by atoms with Gasteiger partial charge >= 0.3 is 11.8 Å². The van der Waals surface area contributed by atoms with Crippen LogP contribution in [-0.4, -0.2) is 39.4 Å². The van der Waals surface area contributed by atoms with Crippen molar-refractivity contribution in [3.05, 3.63) is 87.9 Å². The fourth-order valence-electron chi connectivity index (χ4n) is 4.00. The second-order valence-electron chi connectivity index (χ2n) is 8.22. The maximum Gasteiger partial charge on any atom is 0.314 e. The summed E-state index contributed by atoms with van der Waals surface area (Å²) in [6, 6.07) is 13.9. The van der Waals surface area contributed by atoms with Crippen molar-refractivity contribution >= 4 is 48.6 Å². The van der Waals surface area contributed by atoms with Gasteiger partial charge in [-0.2, -0.15) is 13.5 Å². The summed E-state index contributed by atoms with van der Waals surface area (Å²) < 4.78 is 1.49. The average molecular weight is 528 g/mol. The van der Waals surface area contributed by atoms with Crippen molar-refractivity contribution in [1.29, 1.82) is 0 Å². The molecule has 9 nitrogen and oxygen atoms in total. The highest BCUT2D eigenvalue weighted by Crippen LogP contribution is 2.20. The summed E-state index contributed by atoms with van der Waals surface area (Å²) in [5.74, 6) is -1.73. The lowest BCUT2D eigenvalue weighted by Gasteiger charge is -2.32. The number of halogens is 1. The summed E-state index contributed by atoms with van der Waals surface area (Å²) in [6.07, 6.45) is 6.11. The van der Waals surface area contributed by atoms with Crippen LogP contribution in [-0.2, 0) is 9.59 Å². The number of hydrogen-bond acceptors (Lipinski definition) is 5. The van der Waals surface area contributed by atoms with E-state index in [1.165, 1.54) is 22.9 Å². The van der Waals surface area contributed by atoms with E-state index in [1.54, 1.807) is 48.7 Å². The van der Waals surface area contributed by atoms with E-state index in [0.717, 1.165) is 12.8 Å². The molecule has 1 fully saturated rings. The Kier molecular flexibility index (Phi) is 9.26. The molecule has 1 aliphatic carbocycles. The molecule has 3 amide bonds. The van der Waals surface area contributed by atoms with Crippen LogP contribution in [0.5, 0.6) is 0 Å². The number of rotatable bonds is 5. The van der Waals surface area contributed by atoms with Crippen LogP contribution in [0, 0.1) is 0 Å². The van der Waals surface area contributed by atoms with Crippen LogP contribution >= 0.6 is 25.1 Å². The zero-order valence-corrected chi connectivity index (χ0v) is 21.0. The van der Waals surface area contributed by atoms with E-state index in [4.69, 9.17) is 11.6 Å². The van der Waals surface area contributed by atoms with E-state index < -0.39 is 11.8 Å². The quantitative estimate of drug-likeness (QED) is 0.440. The van der Waals surface area contributed by atoms with Gasteiger partial charge in [-0.25, -0.2) is 4.98 Å². The van der Waals surface area contributed by atoms with Gasteiger partial charge in [0, 0.05) is 41.8 Å². The Morgan fingerprint density at radius 3 is 2.22 bits per heavy atom. The number of carbonyl (C=O) groups excluding carboxylic acids is 3. The van der Waals surface area contributed by atoms with Crippen molar-refractivity contribution in [2.75, 3.05) is 5.32 Å². The van der Waals surface area contributed by atoms with Gasteiger partial charge in [0.1, 0.15) is 5.82 Å². The second kappa shape index (κ2) is 12.4. The maximum atomic E-state index is 12.9. The van der Waals surface area contributed by atoms with Crippen LogP contribution < -0.4 is 21.5 Å². The highest BCUT2D eigenvalue weighted by Gasteiger charge is 2.30. The second-order valence-corrected chi connectivity index (χ2v) is 8.65. The van der Waals surface area contributed by atoms with Gasteiger partial charge in [0.15, 0.2) is 0 Å². The predicted octanol–water partition coefficient (Wildman–Crippen LogP) is 2.79. The molecule has 1 aliphatic rings. The summed E-state index contributed by atoms with van der Waals surface area (Å²) in [5.41, 5.74) is 0.914. The molecule has 36 heavy (non-hydrogen) atoms. The largest absolute Gasteiger partial charge is 0.347 e. The molecule has 2 aromatic heterocycles. The van der Waals surface area contributed by atoms with Crippen molar-refractivity contribution in [3.63, 3.8) is 0 Å². The van der Waals surface area contributed by atoms with Crippen LogP contribution in [0.4, 0.5) is 5.82 Å². The number of amides is 3. The molecule has 3 N–H and O–H groups in total. The maximum absolute atomic E-state index is 12.9. The van der Waals surface area contributed by atoms with Gasteiger partial charge in [-0.05, 0) is 55.3 Å². The lowest BCUT2D eigenvalue weighted by atomic mass is 9.90. The first kappa shape index (κ1) is 27.0. The summed E-state index contributed by atoms with van der Waals surface area (Å²) in [6.45, 7) is 0. The monoisotopic (exact) mass is 527 g/mol. The molecule has 0 radical (unpaired) electrons. The number of nitrogens with one attached hydrogen (secondary N) is 3. The first-order valence-corrected chi connectivity index (χ1v) is 11.6. The third-order valence-corrected chi connectivity index (χ3v) is 6.03. The Bertz CT molecular complexity index is 1280. The smallest absolute Gasteiger partial charge is 0.314 e. The minimum Gasteiger partial charge on any atom is -0.347 e. The SMILES string of the molecule is O=C(Nc1ccc(Cl)cn1)C(=O)N[C@@H]1CCCC[C@@H]1NC(=O)c1ccc(-n2ccccc2=O)cc1.S. The minimum atomic E-state index is -0.845. The zero-order valence-electron chi connectivity index (χ0n) is 19.2. The van der Waals surface area contributed by atoms with E-state index in [-0.39, 0.29) is 42.9 Å². The van der Waals surface area contributed by atoms with Gasteiger partial charge in [-0.1, -0.05) is 30.5 Å². The topological polar surface area (TPSA) is 122 Å². The Morgan fingerprint density at radius 2 is 1.58 bits per heavy atom. The lowest BCUT2D eigenvalue weighted by molar-refractivity contribution is -0.136. The van der Waals surface area contributed by atoms with E-state index in [0.29, 0.717) is 29.1 Å². The molecule has 2 heterocycles. The predicted molar refractivity (Wildman–Crippen MR) is 142 cm³/mol. The Labute approximate surface area is 219 Å². The van der Waals surface area contributed by atoms with Crippen molar-refractivity contribution < 1.29 is 14.4 Å². The first-order chi connectivity index (χ1) is 16.9. The Hall–Kier alpha value is -3.63. The normalized spacial score (nSPS) is 16.8. The van der Waals surface area contributed by atoms with Crippen molar-refractivity contribution in [2.24, 2.45) is 0 Å². The number of benzene rings is 1. The number of anilines is 1. The summed E-state index contributed by atoms with van der Waals surface area (Å²) in [7, 11) is 0. The highest BCUT2D eigenvalue weighted by atomic mass is 35.5. The van der Waals surface area contributed by atoms with Gasteiger partial charge < -0.3 is 16.0 Å². The van der Waals surface area contributed by atoms with Crippen LogP contribution in [0.3, 0.4) is 0 Å². The molecule has 11 heteroatoms. The van der Waals surface area contributed by atoms with Crippen molar-refractivity contribution in [2.45, 2.75) is 37.8 Å². The van der Waals surface area contributed by atoms with Crippen molar-refractivity contribution in [1.82, 2.24) is 20.2 Å². The number of carbonyl (C=O) groups is 3. The molecule has 188 valence electrons. The zero-order chi connectivity index (χ0) is 24.8. The molecule has 3 aromatic rings. The molecule has 0 bridgehead atoms. The summed E-state index contributed by atoms with van der Waals surface area (Å²) >= 11 is 5.78. The summed E-state index contributed by atoms with van der Waals surface area (Å²) in [5, 5.41) is 8.56. The fourth-order valence-corrected chi connectivity index (χ4v) is 4.11. The van der Waals surface area contributed by atoms with E-state index in [2.05, 4.69) is 20.9 Å².